The highest BCUT2D eigenvalue weighted by molar-refractivity contribution is 5.85. The molecule has 0 aliphatic heterocycles. The first-order valence-electron chi connectivity index (χ1n) is 0.707. The van der Waals surface area contributed by atoms with E-state index < -0.39 is 0 Å². The van der Waals surface area contributed by atoms with Crippen molar-refractivity contribution in [3.8, 4) is 0 Å². The molecule has 0 aliphatic rings. The normalized spacial score (nSPS) is 1.60. The molecule has 0 unspecified atom stereocenters. The number of halogens is 2. The second kappa shape index (κ2) is 32.6. The Kier molecular flexibility index (Phi) is 127. The van der Waals surface area contributed by atoms with Crippen molar-refractivity contribution in [3.63, 3.8) is 0 Å². The van der Waals surface area contributed by atoms with E-state index in [4.69, 9.17) is 0 Å². The third kappa shape index (κ3) is 1810. The van der Waals surface area contributed by atoms with Gasteiger partial charge in [-0.15, -0.1) is 30.5 Å². The predicted molar refractivity (Wildman–Crippen MR) is 29.3 cm³/mol. The third-order valence-electron chi connectivity index (χ3n) is 0. The highest BCUT2D eigenvalue weighted by Gasteiger charge is 0.904. The molecule has 0 rings (SSSR count). The zero-order valence-electron chi connectivity index (χ0n) is 2.73. The van der Waals surface area contributed by atoms with Crippen LogP contribution in [0.4, 0.5) is 0 Å². The Balaban J connectivity index is -0.0000000200. The molecule has 0 N–H and O–H groups in total. The molecule has 0 radical (unpaired) electrons. The summed E-state index contributed by atoms with van der Waals surface area (Å²) in [6.45, 7) is 6.25. The van der Waals surface area contributed by atoms with E-state index >= 15 is 0 Å². The van der Waals surface area contributed by atoms with Gasteiger partial charge in [0.2, 0.25) is 0 Å². The van der Waals surface area contributed by atoms with Crippen LogP contribution in [-0.4, -0.2) is 0 Å². The van der Waals surface area contributed by atoms with Crippen molar-refractivity contribution in [2.24, 2.45) is 0 Å². The zero-order chi connectivity index (χ0) is 2.71. The summed E-state index contributed by atoms with van der Waals surface area (Å²) < 4.78 is 0. The standard InChI is InChI=1S/C3H4.2ClH/c1-3-2;;/h1-2H2;2*1H. The fourth-order valence-corrected chi connectivity index (χ4v) is 0. The van der Waals surface area contributed by atoms with Gasteiger partial charge in [0.25, 0.3) is 0 Å². The second-order valence-electron chi connectivity index (χ2n) is 0.250. The summed E-state index contributed by atoms with van der Waals surface area (Å²) in [6.07, 6.45) is 0. The summed E-state index contributed by atoms with van der Waals surface area (Å²) in [5, 5.41) is 0. The van der Waals surface area contributed by atoms with Gasteiger partial charge in [0.1, 0.15) is 0 Å². The number of rotatable bonds is 0. The minimum atomic E-state index is 0. The van der Waals surface area contributed by atoms with E-state index in [1.165, 1.54) is 0 Å². The lowest BCUT2D eigenvalue weighted by atomic mass is 11.0. The Morgan fingerprint density at radius 2 is 1.00 bits per heavy atom. The van der Waals surface area contributed by atoms with Gasteiger partial charge in [0, 0.05) is 0 Å². The molecule has 0 aliphatic carbocycles. The second-order valence-corrected chi connectivity index (χ2v) is 0.250. The summed E-state index contributed by atoms with van der Waals surface area (Å²) in [6, 6.07) is 0. The van der Waals surface area contributed by atoms with E-state index in [9.17, 15) is 0 Å². The van der Waals surface area contributed by atoms with E-state index in [-0.39, 0.29) is 24.8 Å². The van der Waals surface area contributed by atoms with Crippen LogP contribution in [0.5, 0.6) is 0 Å². The lowest BCUT2D eigenvalue weighted by Gasteiger charge is -1.10. The van der Waals surface area contributed by atoms with Crippen molar-refractivity contribution in [2.75, 3.05) is 0 Å². The Hall–Kier alpha value is 0.100. The van der Waals surface area contributed by atoms with Gasteiger partial charge in [-0.05, 0) is 0 Å². The summed E-state index contributed by atoms with van der Waals surface area (Å²) in [5.74, 6) is 0. The molecule has 0 nitrogen and oxygen atoms in total. The lowest BCUT2D eigenvalue weighted by Crippen LogP contribution is -0.844. The molecule has 0 atom stereocenters. The van der Waals surface area contributed by atoms with Gasteiger partial charge in [-0.2, -0.15) is 0 Å². The van der Waals surface area contributed by atoms with Crippen molar-refractivity contribution in [2.45, 2.75) is 0 Å². The Bertz CT molecular complexity index is 25.9. The van der Waals surface area contributed by atoms with Gasteiger partial charge < -0.3 is 0 Å². The molecule has 0 aromatic heterocycles. The summed E-state index contributed by atoms with van der Waals surface area (Å²) in [4.78, 5) is 0. The van der Waals surface area contributed by atoms with E-state index in [0.717, 1.165) is 0 Å². The number of hydrogen-bond donors (Lipinski definition) is 0. The van der Waals surface area contributed by atoms with Crippen LogP contribution in [0.15, 0.2) is 18.9 Å². The maximum Gasteiger partial charge on any atom is -0.0572 e. The van der Waals surface area contributed by atoms with Crippen LogP contribution in [0, 0.1) is 0 Å². The van der Waals surface area contributed by atoms with Crippen LogP contribution in [-0.2, 0) is 0 Å². The van der Waals surface area contributed by atoms with E-state index in [1.54, 1.807) is 0 Å². The molecule has 2 heteroatoms. The van der Waals surface area contributed by atoms with Gasteiger partial charge in [0.05, 0.1) is 0 Å². The van der Waals surface area contributed by atoms with Gasteiger partial charge in [-0.1, -0.05) is 13.2 Å². The smallest absolute Gasteiger partial charge is 0.0572 e. The molecule has 5 heavy (non-hydrogen) atoms. The number of hydrogen-bond acceptors (Lipinski definition) is 0. The van der Waals surface area contributed by atoms with Gasteiger partial charge in [0.15, 0.2) is 0 Å². The van der Waals surface area contributed by atoms with Crippen molar-refractivity contribution in [1.82, 2.24) is 0 Å². The quantitative estimate of drug-likeness (QED) is 0.420. The summed E-state index contributed by atoms with van der Waals surface area (Å²) >= 11 is 0. The Labute approximate surface area is 44.4 Å². The zero-order valence-corrected chi connectivity index (χ0v) is 4.36. The van der Waals surface area contributed by atoms with Crippen molar-refractivity contribution < 1.29 is 0 Å². The molecular formula is C3H6Cl2. The van der Waals surface area contributed by atoms with E-state index in [0.29, 0.717) is 0 Å². The van der Waals surface area contributed by atoms with Crippen LogP contribution < -0.4 is 0 Å². The van der Waals surface area contributed by atoms with Gasteiger partial charge >= 0.3 is 0 Å². The van der Waals surface area contributed by atoms with E-state index in [2.05, 4.69) is 18.9 Å². The first kappa shape index (κ1) is 19.4. The monoisotopic (exact) mass is 112 g/mol. The van der Waals surface area contributed by atoms with Gasteiger partial charge in [-0.25, -0.2) is 0 Å². The SMILES string of the molecule is C=C=C.Cl.Cl. The predicted octanol–water partition coefficient (Wildman–Crippen LogP) is 1.80. The molecule has 0 saturated carbocycles. The average Bonchev–Trinajstić information content (AvgIpc) is 0.918. The highest BCUT2D eigenvalue weighted by atomic mass is 35.5. The van der Waals surface area contributed by atoms with Crippen molar-refractivity contribution >= 4 is 24.8 Å². The topological polar surface area (TPSA) is 0 Å². The third-order valence-corrected chi connectivity index (χ3v) is 0. The first-order valence-corrected chi connectivity index (χ1v) is 0.707. The molecule has 0 spiro atoms. The Morgan fingerprint density at radius 1 is 1.00 bits per heavy atom. The van der Waals surface area contributed by atoms with Crippen LogP contribution in [0.3, 0.4) is 0 Å². The molecule has 0 saturated heterocycles. The minimum Gasteiger partial charge on any atom is -0.147 e. The van der Waals surface area contributed by atoms with Gasteiger partial charge in [-0.3, -0.25) is 0 Å². The molecular weight excluding hydrogens is 107 g/mol. The molecule has 0 aromatic rings. The fourth-order valence-electron chi connectivity index (χ4n) is 0. The maximum absolute atomic E-state index is 3.12. The van der Waals surface area contributed by atoms with Crippen LogP contribution in [0.25, 0.3) is 0 Å². The summed E-state index contributed by atoms with van der Waals surface area (Å²) in [7, 11) is 0. The van der Waals surface area contributed by atoms with E-state index in [1.807, 2.05) is 0 Å². The fraction of sp³-hybridized carbons (Fsp3) is 0. The Morgan fingerprint density at radius 3 is 1.00 bits per heavy atom. The molecule has 0 bridgehead atoms. The summed E-state index contributed by atoms with van der Waals surface area (Å²) in [5.41, 5.74) is 2.25. The molecule has 0 heterocycles. The molecule has 0 amide bonds. The minimum absolute atomic E-state index is 0. The van der Waals surface area contributed by atoms with Crippen LogP contribution in [0.2, 0.25) is 0 Å². The molecule has 0 fully saturated rings. The highest BCUT2D eigenvalue weighted by Crippen LogP contribution is 1.16. The van der Waals surface area contributed by atoms with Crippen LogP contribution in [0.1, 0.15) is 0 Å². The van der Waals surface area contributed by atoms with Crippen LogP contribution >= 0.6 is 24.8 Å². The average molecular weight is 113 g/mol. The lowest BCUT2D eigenvalue weighted by molar-refractivity contribution is 2.51. The largest absolute Gasteiger partial charge is 0.147 e. The molecule has 0 aromatic carbocycles. The maximum atomic E-state index is 3.12. The first-order chi connectivity index (χ1) is 1.41. The molecule has 32 valence electrons. The van der Waals surface area contributed by atoms with Crippen molar-refractivity contribution in [3.05, 3.63) is 18.9 Å². The van der Waals surface area contributed by atoms with Crippen molar-refractivity contribution in [1.29, 1.82) is 0 Å².